The summed E-state index contributed by atoms with van der Waals surface area (Å²) in [5.74, 6) is 0.973. The average Bonchev–Trinajstić information content (AvgIpc) is 2.99. The minimum atomic E-state index is -0.0480. The van der Waals surface area contributed by atoms with Gasteiger partial charge in [-0.1, -0.05) is 42.1 Å². The van der Waals surface area contributed by atoms with Gasteiger partial charge in [-0.3, -0.25) is 9.59 Å². The van der Waals surface area contributed by atoms with Gasteiger partial charge in [0, 0.05) is 18.4 Å². The molecule has 0 radical (unpaired) electrons. The summed E-state index contributed by atoms with van der Waals surface area (Å²) in [5, 5.41) is 4.75. The molecule has 19 heavy (non-hydrogen) atoms. The van der Waals surface area contributed by atoms with Gasteiger partial charge in [0.05, 0.1) is 5.75 Å². The molecule has 0 saturated heterocycles. The number of benzene rings is 1. The molecule has 0 spiro atoms. The van der Waals surface area contributed by atoms with Crippen LogP contribution in [-0.4, -0.2) is 32.2 Å². The zero-order valence-corrected chi connectivity index (χ0v) is 10.9. The molecule has 2 heterocycles. The van der Waals surface area contributed by atoms with Crippen molar-refractivity contribution < 1.29 is 9.59 Å². The summed E-state index contributed by atoms with van der Waals surface area (Å²) in [4.78, 5) is 27.6. The van der Waals surface area contributed by atoms with Crippen LogP contribution in [0.25, 0.3) is 0 Å². The third-order valence-corrected chi connectivity index (χ3v) is 3.77. The van der Waals surface area contributed by atoms with Crippen LogP contribution in [0.5, 0.6) is 0 Å². The van der Waals surface area contributed by atoms with Crippen molar-refractivity contribution in [1.82, 2.24) is 14.8 Å². The summed E-state index contributed by atoms with van der Waals surface area (Å²) < 4.78 is 1.33. The number of aromatic nitrogens is 3. The van der Waals surface area contributed by atoms with Crippen LogP contribution in [0.3, 0.4) is 0 Å². The van der Waals surface area contributed by atoms with Gasteiger partial charge in [0.25, 0.3) is 5.91 Å². The fourth-order valence-electron chi connectivity index (χ4n) is 1.88. The molecule has 96 valence electrons. The van der Waals surface area contributed by atoms with Crippen molar-refractivity contribution in [2.45, 2.75) is 18.0 Å². The number of fused-ring (bicyclic) bond motifs is 1. The van der Waals surface area contributed by atoms with E-state index in [1.807, 2.05) is 18.2 Å². The van der Waals surface area contributed by atoms with Crippen molar-refractivity contribution in [2.75, 3.05) is 5.75 Å². The first kappa shape index (κ1) is 12.1. The molecule has 0 amide bonds. The van der Waals surface area contributed by atoms with Crippen LogP contribution in [0.4, 0.5) is 0 Å². The highest BCUT2D eigenvalue weighted by atomic mass is 32.2. The van der Waals surface area contributed by atoms with Crippen LogP contribution in [0, 0.1) is 0 Å². The first-order chi connectivity index (χ1) is 9.24. The second-order valence-electron chi connectivity index (χ2n) is 4.19. The van der Waals surface area contributed by atoms with E-state index in [1.54, 1.807) is 12.1 Å². The summed E-state index contributed by atoms with van der Waals surface area (Å²) in [6.07, 6.45) is 0.813. The second-order valence-corrected chi connectivity index (χ2v) is 5.14. The van der Waals surface area contributed by atoms with Gasteiger partial charge in [-0.05, 0) is 0 Å². The van der Waals surface area contributed by atoms with E-state index in [0.29, 0.717) is 35.1 Å². The van der Waals surface area contributed by atoms with E-state index in [4.69, 9.17) is 0 Å². The molecule has 0 fully saturated rings. The van der Waals surface area contributed by atoms with Crippen molar-refractivity contribution in [3.63, 3.8) is 0 Å². The number of ketones is 1. The smallest absolute Gasteiger partial charge is 0.259 e. The summed E-state index contributed by atoms with van der Waals surface area (Å²) in [7, 11) is 0. The van der Waals surface area contributed by atoms with Gasteiger partial charge in [-0.25, -0.2) is 4.98 Å². The average molecular weight is 273 g/mol. The van der Waals surface area contributed by atoms with Crippen LogP contribution in [-0.2, 0) is 6.42 Å². The molecule has 1 aliphatic heterocycles. The molecule has 0 saturated carbocycles. The monoisotopic (exact) mass is 273 g/mol. The fourth-order valence-corrected chi connectivity index (χ4v) is 2.69. The van der Waals surface area contributed by atoms with Crippen molar-refractivity contribution in [3.05, 3.63) is 41.7 Å². The fraction of sp³-hybridized carbons (Fsp3) is 0.231. The zero-order valence-electron chi connectivity index (χ0n) is 10.1. The van der Waals surface area contributed by atoms with E-state index >= 15 is 0 Å². The lowest BCUT2D eigenvalue weighted by atomic mass is 10.1. The summed E-state index contributed by atoms with van der Waals surface area (Å²) in [6.45, 7) is 0. The predicted molar refractivity (Wildman–Crippen MR) is 70.5 cm³/mol. The maximum absolute atomic E-state index is 11.9. The highest BCUT2D eigenvalue weighted by molar-refractivity contribution is 8.00. The van der Waals surface area contributed by atoms with Crippen molar-refractivity contribution in [2.24, 2.45) is 0 Å². The van der Waals surface area contributed by atoms with Gasteiger partial charge in [0.2, 0.25) is 0 Å². The third kappa shape index (κ3) is 2.44. The first-order valence-electron chi connectivity index (χ1n) is 5.94. The molecule has 0 atom stereocenters. The van der Waals surface area contributed by atoms with Crippen molar-refractivity contribution in [3.8, 4) is 0 Å². The van der Waals surface area contributed by atoms with E-state index in [2.05, 4.69) is 10.1 Å². The van der Waals surface area contributed by atoms with Crippen molar-refractivity contribution in [1.29, 1.82) is 0 Å². The lowest BCUT2D eigenvalue weighted by Gasteiger charge is -1.98. The van der Waals surface area contributed by atoms with E-state index < -0.39 is 0 Å². The Morgan fingerprint density at radius 3 is 2.84 bits per heavy atom. The number of aryl methyl sites for hydroxylation is 1. The lowest BCUT2D eigenvalue weighted by molar-refractivity contribution is 0.0922. The molecule has 2 aromatic rings. The summed E-state index contributed by atoms with van der Waals surface area (Å²) >= 11 is 1.38. The SMILES string of the molecule is O=C(CCc1nc2n(n1)C(=O)CS2)c1ccccc1. The van der Waals surface area contributed by atoms with E-state index in [0.717, 1.165) is 0 Å². The molecule has 0 bridgehead atoms. The maximum Gasteiger partial charge on any atom is 0.259 e. The highest BCUT2D eigenvalue weighted by Gasteiger charge is 2.23. The number of nitrogens with zero attached hydrogens (tertiary/aromatic N) is 3. The van der Waals surface area contributed by atoms with Crippen LogP contribution < -0.4 is 0 Å². The van der Waals surface area contributed by atoms with Gasteiger partial charge >= 0.3 is 0 Å². The first-order valence-corrected chi connectivity index (χ1v) is 6.93. The van der Waals surface area contributed by atoms with Gasteiger partial charge in [-0.2, -0.15) is 4.68 Å². The summed E-state index contributed by atoms with van der Waals surface area (Å²) in [6, 6.07) is 9.14. The molecule has 3 rings (SSSR count). The quantitative estimate of drug-likeness (QED) is 0.795. The standard InChI is InChI=1S/C13H11N3O2S/c17-10(9-4-2-1-3-5-9)6-7-11-14-13-16(15-11)12(18)8-19-13/h1-5H,6-8H2. The Labute approximate surface area is 114 Å². The molecular weight excluding hydrogens is 262 g/mol. The van der Waals surface area contributed by atoms with Gasteiger partial charge in [0.1, 0.15) is 0 Å². The van der Waals surface area contributed by atoms with Crippen LogP contribution in [0.2, 0.25) is 0 Å². The minimum absolute atomic E-state index is 0.0480. The third-order valence-electron chi connectivity index (χ3n) is 2.85. The molecule has 1 aromatic carbocycles. The van der Waals surface area contributed by atoms with Crippen LogP contribution >= 0.6 is 11.8 Å². The molecular formula is C13H11N3O2S. The Morgan fingerprint density at radius 1 is 1.32 bits per heavy atom. The number of carbonyl (C=O) groups excluding carboxylic acids is 2. The molecule has 6 heteroatoms. The van der Waals surface area contributed by atoms with E-state index in [1.165, 1.54) is 16.4 Å². The maximum atomic E-state index is 11.9. The van der Waals surface area contributed by atoms with E-state index in [-0.39, 0.29) is 11.7 Å². The van der Waals surface area contributed by atoms with Gasteiger partial charge < -0.3 is 0 Å². The van der Waals surface area contributed by atoms with Crippen molar-refractivity contribution >= 4 is 23.5 Å². The molecule has 1 aromatic heterocycles. The van der Waals surface area contributed by atoms with Crippen LogP contribution in [0.1, 0.15) is 27.4 Å². The van der Waals surface area contributed by atoms with Crippen LogP contribution in [0.15, 0.2) is 35.5 Å². The molecule has 5 nitrogen and oxygen atoms in total. The Balaban J connectivity index is 1.66. The number of rotatable bonds is 4. The topological polar surface area (TPSA) is 64.8 Å². The highest BCUT2D eigenvalue weighted by Crippen LogP contribution is 2.23. The predicted octanol–water partition coefficient (Wildman–Crippen LogP) is 1.84. The van der Waals surface area contributed by atoms with Gasteiger partial charge in [0.15, 0.2) is 16.8 Å². The number of thioether (sulfide) groups is 1. The number of carbonyl (C=O) groups is 2. The Kier molecular flexibility index (Phi) is 3.16. The number of Topliss-reactive ketones (excluding diaryl/α,β-unsaturated/α-hetero) is 1. The lowest BCUT2D eigenvalue weighted by Crippen LogP contribution is -2.09. The summed E-state index contributed by atoms with van der Waals surface area (Å²) in [5.41, 5.74) is 0.694. The second kappa shape index (κ2) is 4.97. The Morgan fingerprint density at radius 2 is 2.11 bits per heavy atom. The molecule has 0 aliphatic carbocycles. The Hall–Kier alpha value is -1.95. The van der Waals surface area contributed by atoms with E-state index in [9.17, 15) is 9.59 Å². The number of hydrogen-bond acceptors (Lipinski definition) is 5. The Bertz CT molecular complexity index is 637. The normalized spacial score (nSPS) is 13.6. The largest absolute Gasteiger partial charge is 0.294 e. The van der Waals surface area contributed by atoms with Gasteiger partial charge in [-0.15, -0.1) is 5.10 Å². The minimum Gasteiger partial charge on any atom is -0.294 e. The molecule has 0 N–H and O–H groups in total. The molecule has 1 aliphatic rings. The molecule has 0 unspecified atom stereocenters. The number of hydrogen-bond donors (Lipinski definition) is 0. The zero-order chi connectivity index (χ0) is 13.2.